The van der Waals surface area contributed by atoms with Gasteiger partial charge in [-0.25, -0.2) is 18.7 Å². The zero-order valence-corrected chi connectivity index (χ0v) is 23.3. The fraction of sp³-hybridized carbons (Fsp3) is 0.536. The van der Waals surface area contributed by atoms with Crippen molar-refractivity contribution in [3.8, 4) is 11.4 Å². The predicted octanol–water partition coefficient (Wildman–Crippen LogP) is 4.49. The molecular formula is C28H37F2N7O3. The van der Waals surface area contributed by atoms with Crippen molar-refractivity contribution in [1.82, 2.24) is 25.4 Å². The minimum absolute atomic E-state index is 0.174. The van der Waals surface area contributed by atoms with Gasteiger partial charge >= 0.3 is 0 Å². The number of halogens is 2. The van der Waals surface area contributed by atoms with Crippen LogP contribution in [0.15, 0.2) is 29.0 Å². The second-order valence-corrected chi connectivity index (χ2v) is 10.4. The SMILES string of the molecule is COCCNC(=O)c1c(F)cc(NCCCC2CCN(c3ncc(-c4noc(CC(C)C)n4)cn3)CC2)cc1F. The fourth-order valence-electron chi connectivity index (χ4n) is 4.70. The van der Waals surface area contributed by atoms with E-state index in [4.69, 9.17) is 9.26 Å². The van der Waals surface area contributed by atoms with Crippen LogP contribution in [0.1, 0.15) is 55.8 Å². The second-order valence-electron chi connectivity index (χ2n) is 10.4. The van der Waals surface area contributed by atoms with Gasteiger partial charge in [0.2, 0.25) is 17.7 Å². The summed E-state index contributed by atoms with van der Waals surface area (Å²) >= 11 is 0. The third-order valence-electron chi connectivity index (χ3n) is 6.82. The molecule has 4 rings (SSSR count). The lowest BCUT2D eigenvalue weighted by Gasteiger charge is -2.32. The summed E-state index contributed by atoms with van der Waals surface area (Å²) in [5, 5.41) is 9.54. The highest BCUT2D eigenvalue weighted by Gasteiger charge is 2.22. The van der Waals surface area contributed by atoms with Gasteiger partial charge in [-0.2, -0.15) is 4.98 Å². The van der Waals surface area contributed by atoms with Crippen molar-refractivity contribution < 1.29 is 22.8 Å². The molecular weight excluding hydrogens is 520 g/mol. The van der Waals surface area contributed by atoms with Gasteiger partial charge in [-0.15, -0.1) is 0 Å². The van der Waals surface area contributed by atoms with E-state index in [2.05, 4.69) is 49.5 Å². The molecule has 1 saturated heterocycles. The van der Waals surface area contributed by atoms with Gasteiger partial charge in [0.05, 0.1) is 12.2 Å². The van der Waals surface area contributed by atoms with E-state index < -0.39 is 23.1 Å². The van der Waals surface area contributed by atoms with E-state index in [1.165, 1.54) is 7.11 Å². The third kappa shape index (κ3) is 7.93. The summed E-state index contributed by atoms with van der Waals surface area (Å²) in [6.07, 6.45) is 8.10. The molecule has 216 valence electrons. The smallest absolute Gasteiger partial charge is 0.257 e. The lowest BCUT2D eigenvalue weighted by molar-refractivity contribution is 0.0928. The summed E-state index contributed by atoms with van der Waals surface area (Å²) in [4.78, 5) is 27.7. The lowest BCUT2D eigenvalue weighted by Crippen LogP contribution is -2.34. The van der Waals surface area contributed by atoms with Crippen molar-refractivity contribution in [1.29, 1.82) is 0 Å². The Hall–Kier alpha value is -3.67. The quantitative estimate of drug-likeness (QED) is 0.293. The molecule has 1 fully saturated rings. The van der Waals surface area contributed by atoms with Gasteiger partial charge in [0.1, 0.15) is 17.2 Å². The van der Waals surface area contributed by atoms with Crippen molar-refractivity contribution in [2.75, 3.05) is 50.1 Å². The van der Waals surface area contributed by atoms with E-state index in [9.17, 15) is 13.6 Å². The fourth-order valence-corrected chi connectivity index (χ4v) is 4.70. The summed E-state index contributed by atoms with van der Waals surface area (Å²) in [6.45, 7) is 6.94. The molecule has 2 N–H and O–H groups in total. The first kappa shape index (κ1) is 29.3. The number of anilines is 2. The summed E-state index contributed by atoms with van der Waals surface area (Å²) in [5.41, 5.74) is 0.457. The van der Waals surface area contributed by atoms with Crippen LogP contribution >= 0.6 is 0 Å². The molecule has 3 heterocycles. The number of ether oxygens (including phenoxy) is 1. The van der Waals surface area contributed by atoms with Crippen molar-refractivity contribution in [2.24, 2.45) is 11.8 Å². The molecule has 40 heavy (non-hydrogen) atoms. The minimum Gasteiger partial charge on any atom is -0.385 e. The van der Waals surface area contributed by atoms with Gasteiger partial charge in [0, 0.05) is 57.8 Å². The van der Waals surface area contributed by atoms with Crippen LogP contribution in [0.2, 0.25) is 0 Å². The Morgan fingerprint density at radius 2 is 1.85 bits per heavy atom. The van der Waals surface area contributed by atoms with Crippen LogP contribution < -0.4 is 15.5 Å². The van der Waals surface area contributed by atoms with Crippen LogP contribution in [0.3, 0.4) is 0 Å². The van der Waals surface area contributed by atoms with E-state index in [0.717, 1.165) is 62.9 Å². The average Bonchev–Trinajstić information content (AvgIpc) is 3.39. The number of nitrogens with one attached hydrogen (secondary N) is 2. The van der Waals surface area contributed by atoms with Gasteiger partial charge < -0.3 is 24.8 Å². The second kappa shape index (κ2) is 14.1. The Morgan fingerprint density at radius 1 is 1.15 bits per heavy atom. The van der Waals surface area contributed by atoms with Crippen LogP contribution in [0.25, 0.3) is 11.4 Å². The average molecular weight is 558 g/mol. The highest BCUT2D eigenvalue weighted by molar-refractivity contribution is 5.95. The number of carbonyl (C=O) groups excluding carboxylic acids is 1. The van der Waals surface area contributed by atoms with Crippen LogP contribution in [-0.4, -0.2) is 65.9 Å². The first-order chi connectivity index (χ1) is 19.3. The van der Waals surface area contributed by atoms with E-state index in [0.29, 0.717) is 41.7 Å². The van der Waals surface area contributed by atoms with Crippen molar-refractivity contribution >= 4 is 17.5 Å². The zero-order valence-electron chi connectivity index (χ0n) is 23.3. The number of hydrogen-bond donors (Lipinski definition) is 2. The normalized spacial score (nSPS) is 14.1. The summed E-state index contributed by atoms with van der Waals surface area (Å²) in [5.74, 6) is 0.208. The standard InChI is InChI=1S/C28H37F2N7O3/c1-18(2)13-24-35-26(36-40-24)20-16-33-28(34-17-20)37-10-6-19(7-11-37)5-4-8-31-21-14-22(29)25(23(30)15-21)27(38)32-9-12-39-3/h14-19,31H,4-13H2,1-3H3,(H,32,38). The Bertz CT molecular complexity index is 1220. The molecule has 1 aliphatic heterocycles. The minimum atomic E-state index is -0.895. The highest BCUT2D eigenvalue weighted by atomic mass is 19.1. The van der Waals surface area contributed by atoms with Gasteiger partial charge in [0.25, 0.3) is 5.91 Å². The highest BCUT2D eigenvalue weighted by Crippen LogP contribution is 2.25. The molecule has 0 radical (unpaired) electrons. The number of amides is 1. The van der Waals surface area contributed by atoms with Crippen LogP contribution in [0.4, 0.5) is 20.4 Å². The number of nitrogens with zero attached hydrogens (tertiary/aromatic N) is 5. The van der Waals surface area contributed by atoms with Crippen LogP contribution in [0.5, 0.6) is 0 Å². The molecule has 3 aromatic rings. The number of benzene rings is 1. The predicted molar refractivity (Wildman–Crippen MR) is 147 cm³/mol. The Kier molecular flexibility index (Phi) is 10.3. The van der Waals surface area contributed by atoms with Gasteiger partial charge in [-0.3, -0.25) is 4.79 Å². The molecule has 12 heteroatoms. The largest absolute Gasteiger partial charge is 0.385 e. The first-order valence-electron chi connectivity index (χ1n) is 13.7. The number of carbonyl (C=O) groups is 1. The van der Waals surface area contributed by atoms with E-state index in [1.54, 1.807) is 12.4 Å². The summed E-state index contributed by atoms with van der Waals surface area (Å²) in [7, 11) is 1.48. The number of aromatic nitrogens is 4. The van der Waals surface area contributed by atoms with E-state index in [-0.39, 0.29) is 13.2 Å². The number of hydrogen-bond acceptors (Lipinski definition) is 9. The van der Waals surface area contributed by atoms with Crippen molar-refractivity contribution in [2.45, 2.75) is 46.0 Å². The Labute approximate surface area is 232 Å². The van der Waals surface area contributed by atoms with Gasteiger partial charge in [-0.1, -0.05) is 19.0 Å². The van der Waals surface area contributed by atoms with Crippen LogP contribution in [0, 0.1) is 23.5 Å². The van der Waals surface area contributed by atoms with Crippen LogP contribution in [-0.2, 0) is 11.2 Å². The maximum atomic E-state index is 14.4. The monoisotopic (exact) mass is 557 g/mol. The molecule has 0 atom stereocenters. The Morgan fingerprint density at radius 3 is 2.50 bits per heavy atom. The van der Waals surface area contributed by atoms with Crippen molar-refractivity contribution in [3.63, 3.8) is 0 Å². The molecule has 0 unspecified atom stereocenters. The molecule has 0 spiro atoms. The van der Waals surface area contributed by atoms with E-state index in [1.807, 2.05) is 0 Å². The molecule has 0 saturated carbocycles. The molecule has 1 aliphatic rings. The maximum absolute atomic E-state index is 14.4. The van der Waals surface area contributed by atoms with E-state index >= 15 is 0 Å². The summed E-state index contributed by atoms with van der Waals surface area (Å²) in [6, 6.07) is 2.31. The molecule has 10 nitrogen and oxygen atoms in total. The van der Waals surface area contributed by atoms with Gasteiger partial charge in [0.15, 0.2) is 0 Å². The number of piperidine rings is 1. The molecule has 0 bridgehead atoms. The van der Waals surface area contributed by atoms with Crippen molar-refractivity contribution in [3.05, 3.63) is 47.6 Å². The number of rotatable bonds is 13. The molecule has 1 amide bonds. The number of methoxy groups -OCH3 is 1. The third-order valence-corrected chi connectivity index (χ3v) is 6.82. The summed E-state index contributed by atoms with van der Waals surface area (Å²) < 4.78 is 38.9. The first-order valence-corrected chi connectivity index (χ1v) is 13.7. The molecule has 0 aliphatic carbocycles. The van der Waals surface area contributed by atoms with Gasteiger partial charge in [-0.05, 0) is 49.7 Å². The zero-order chi connectivity index (χ0) is 28.5. The lowest BCUT2D eigenvalue weighted by atomic mass is 9.92. The topological polar surface area (TPSA) is 118 Å². The maximum Gasteiger partial charge on any atom is 0.257 e. The molecule has 2 aromatic heterocycles. The Balaban J connectivity index is 1.18. The molecule has 1 aromatic carbocycles.